The van der Waals surface area contributed by atoms with E-state index in [2.05, 4.69) is 5.32 Å². The van der Waals surface area contributed by atoms with Crippen molar-refractivity contribution in [2.75, 3.05) is 13.1 Å². The van der Waals surface area contributed by atoms with Crippen LogP contribution in [0.5, 0.6) is 0 Å². The molecule has 116 valence electrons. The molecule has 0 fully saturated rings. The number of hydrogen-bond acceptors (Lipinski definition) is 3. The minimum Gasteiger partial charge on any atom is -0.480 e. The topological polar surface area (TPSA) is 69.6 Å². The van der Waals surface area contributed by atoms with E-state index in [-0.39, 0.29) is 36.9 Å². The number of amides is 1. The van der Waals surface area contributed by atoms with E-state index in [0.717, 1.165) is 5.56 Å². The molecule has 0 saturated carbocycles. The van der Waals surface area contributed by atoms with Gasteiger partial charge in [0, 0.05) is 6.04 Å². The fourth-order valence-electron chi connectivity index (χ4n) is 1.90. The quantitative estimate of drug-likeness (QED) is 0.805. The monoisotopic (exact) mass is 296 g/mol. The van der Waals surface area contributed by atoms with E-state index in [1.165, 1.54) is 12.1 Å². The highest BCUT2D eigenvalue weighted by Gasteiger charge is 2.18. The average molecular weight is 296 g/mol. The molecule has 6 heteroatoms. The van der Waals surface area contributed by atoms with Crippen molar-refractivity contribution in [1.29, 1.82) is 0 Å². The first kappa shape index (κ1) is 17.1. The maximum atomic E-state index is 12.8. The van der Waals surface area contributed by atoms with E-state index in [1.807, 2.05) is 13.8 Å². The number of rotatable bonds is 7. The summed E-state index contributed by atoms with van der Waals surface area (Å²) in [7, 11) is 0. The van der Waals surface area contributed by atoms with Gasteiger partial charge >= 0.3 is 5.97 Å². The summed E-state index contributed by atoms with van der Waals surface area (Å²) in [4.78, 5) is 24.3. The Kier molecular flexibility index (Phi) is 6.30. The molecule has 21 heavy (non-hydrogen) atoms. The van der Waals surface area contributed by atoms with Gasteiger partial charge in [0.2, 0.25) is 5.91 Å². The Balaban J connectivity index is 2.58. The van der Waals surface area contributed by atoms with Crippen molar-refractivity contribution >= 4 is 11.9 Å². The zero-order chi connectivity index (χ0) is 16.0. The van der Waals surface area contributed by atoms with E-state index >= 15 is 0 Å². The molecule has 0 aromatic heterocycles. The number of carbonyl (C=O) groups excluding carboxylic acids is 1. The van der Waals surface area contributed by atoms with Crippen molar-refractivity contribution in [2.45, 2.75) is 32.9 Å². The Hall–Kier alpha value is -1.95. The van der Waals surface area contributed by atoms with Gasteiger partial charge in [-0.15, -0.1) is 0 Å². The van der Waals surface area contributed by atoms with Crippen LogP contribution in [0.25, 0.3) is 0 Å². The largest absolute Gasteiger partial charge is 0.480 e. The molecule has 0 aliphatic heterocycles. The van der Waals surface area contributed by atoms with Gasteiger partial charge in [-0.3, -0.25) is 14.5 Å². The van der Waals surface area contributed by atoms with Crippen LogP contribution in [0.15, 0.2) is 24.3 Å². The Bertz CT molecular complexity index is 488. The highest BCUT2D eigenvalue weighted by atomic mass is 19.1. The van der Waals surface area contributed by atoms with Gasteiger partial charge in [0.25, 0.3) is 0 Å². The van der Waals surface area contributed by atoms with E-state index in [0.29, 0.717) is 0 Å². The smallest absolute Gasteiger partial charge is 0.317 e. The summed E-state index contributed by atoms with van der Waals surface area (Å²) in [6.45, 7) is 5.28. The van der Waals surface area contributed by atoms with Crippen LogP contribution in [0.1, 0.15) is 32.4 Å². The zero-order valence-electron chi connectivity index (χ0n) is 12.5. The maximum Gasteiger partial charge on any atom is 0.317 e. The lowest BCUT2D eigenvalue weighted by Crippen LogP contribution is -2.43. The van der Waals surface area contributed by atoms with E-state index in [1.54, 1.807) is 24.0 Å². The lowest BCUT2D eigenvalue weighted by atomic mass is 10.1. The van der Waals surface area contributed by atoms with Gasteiger partial charge in [-0.2, -0.15) is 0 Å². The van der Waals surface area contributed by atoms with Gasteiger partial charge in [-0.25, -0.2) is 4.39 Å². The van der Waals surface area contributed by atoms with Crippen LogP contribution in [-0.2, 0) is 9.59 Å². The second-order valence-corrected chi connectivity index (χ2v) is 5.23. The van der Waals surface area contributed by atoms with E-state index < -0.39 is 5.97 Å². The van der Waals surface area contributed by atoms with Crippen molar-refractivity contribution < 1.29 is 19.1 Å². The van der Waals surface area contributed by atoms with Crippen molar-refractivity contribution in [3.05, 3.63) is 35.6 Å². The van der Waals surface area contributed by atoms with E-state index in [9.17, 15) is 14.0 Å². The molecule has 1 unspecified atom stereocenters. The molecule has 0 aliphatic carbocycles. The third-order valence-corrected chi connectivity index (χ3v) is 3.16. The number of hydrogen-bond donors (Lipinski definition) is 2. The maximum absolute atomic E-state index is 12.8. The fraction of sp³-hybridized carbons (Fsp3) is 0.467. The fourth-order valence-corrected chi connectivity index (χ4v) is 1.90. The molecule has 0 aliphatic rings. The van der Waals surface area contributed by atoms with Crippen molar-refractivity contribution in [1.82, 2.24) is 10.2 Å². The summed E-state index contributed by atoms with van der Waals surface area (Å²) >= 11 is 0. The lowest BCUT2D eigenvalue weighted by Gasteiger charge is -2.24. The second-order valence-electron chi connectivity index (χ2n) is 5.23. The van der Waals surface area contributed by atoms with Gasteiger partial charge in [0.1, 0.15) is 5.82 Å². The van der Waals surface area contributed by atoms with Gasteiger partial charge in [-0.05, 0) is 38.5 Å². The minimum atomic E-state index is -0.969. The Morgan fingerprint density at radius 1 is 1.19 bits per heavy atom. The van der Waals surface area contributed by atoms with Crippen LogP contribution in [0.4, 0.5) is 4.39 Å². The molecular weight excluding hydrogens is 275 g/mol. The summed E-state index contributed by atoms with van der Waals surface area (Å²) in [6, 6.07) is 5.58. The van der Waals surface area contributed by atoms with Gasteiger partial charge in [-0.1, -0.05) is 12.1 Å². The zero-order valence-corrected chi connectivity index (χ0v) is 12.5. The third-order valence-electron chi connectivity index (χ3n) is 3.16. The molecule has 0 spiro atoms. The minimum absolute atomic E-state index is 0.00943. The van der Waals surface area contributed by atoms with E-state index in [4.69, 9.17) is 5.11 Å². The molecule has 1 aromatic carbocycles. The highest BCUT2D eigenvalue weighted by Crippen LogP contribution is 2.12. The van der Waals surface area contributed by atoms with Crippen molar-refractivity contribution in [2.24, 2.45) is 0 Å². The molecule has 1 aromatic rings. The highest BCUT2D eigenvalue weighted by molar-refractivity contribution is 5.79. The summed E-state index contributed by atoms with van der Waals surface area (Å²) in [5, 5.41) is 11.6. The first-order valence-electron chi connectivity index (χ1n) is 6.80. The standard InChI is InChI=1S/C15H21FN2O3/c1-10(2)18(9-15(20)21)8-14(19)17-11(3)12-4-6-13(16)7-5-12/h4-7,10-11H,8-9H2,1-3H3,(H,17,19)(H,20,21). The van der Waals surface area contributed by atoms with Crippen LogP contribution >= 0.6 is 0 Å². The number of carboxylic acid groups (broad SMARTS) is 1. The number of nitrogens with one attached hydrogen (secondary N) is 1. The van der Waals surface area contributed by atoms with Crippen LogP contribution in [0.2, 0.25) is 0 Å². The molecule has 2 N–H and O–H groups in total. The normalized spacial score (nSPS) is 12.5. The van der Waals surface area contributed by atoms with Gasteiger partial charge < -0.3 is 10.4 Å². The number of halogens is 1. The second kappa shape index (κ2) is 7.73. The molecule has 0 bridgehead atoms. The average Bonchev–Trinajstić information content (AvgIpc) is 2.37. The first-order chi connectivity index (χ1) is 9.79. The Labute approximate surface area is 123 Å². The van der Waals surface area contributed by atoms with Crippen molar-refractivity contribution in [3.63, 3.8) is 0 Å². The molecule has 1 amide bonds. The summed E-state index contributed by atoms with van der Waals surface area (Å²) < 4.78 is 12.8. The summed E-state index contributed by atoms with van der Waals surface area (Å²) in [5.74, 6) is -1.56. The number of carbonyl (C=O) groups is 2. The van der Waals surface area contributed by atoms with Crippen LogP contribution < -0.4 is 5.32 Å². The number of aliphatic carboxylic acids is 1. The molecule has 1 atom stereocenters. The molecule has 0 saturated heterocycles. The summed E-state index contributed by atoms with van der Waals surface area (Å²) in [6.07, 6.45) is 0. The lowest BCUT2D eigenvalue weighted by molar-refractivity contribution is -0.139. The molecule has 0 heterocycles. The summed E-state index contributed by atoms with van der Waals surface area (Å²) in [5.41, 5.74) is 0.791. The van der Waals surface area contributed by atoms with Gasteiger partial charge in [0.05, 0.1) is 19.1 Å². The SMILES string of the molecule is CC(NC(=O)CN(CC(=O)O)C(C)C)c1ccc(F)cc1. The first-order valence-corrected chi connectivity index (χ1v) is 6.80. The molecular formula is C15H21FN2O3. The third kappa shape index (κ3) is 5.91. The molecule has 5 nitrogen and oxygen atoms in total. The van der Waals surface area contributed by atoms with Crippen LogP contribution in [-0.4, -0.2) is 41.0 Å². The van der Waals surface area contributed by atoms with Gasteiger partial charge in [0.15, 0.2) is 0 Å². The van der Waals surface area contributed by atoms with Crippen LogP contribution in [0.3, 0.4) is 0 Å². The number of benzene rings is 1. The van der Waals surface area contributed by atoms with Crippen molar-refractivity contribution in [3.8, 4) is 0 Å². The molecule has 0 radical (unpaired) electrons. The Morgan fingerprint density at radius 2 is 1.76 bits per heavy atom. The number of carboxylic acids is 1. The number of nitrogens with zero attached hydrogens (tertiary/aromatic N) is 1. The molecule has 1 rings (SSSR count). The van der Waals surface area contributed by atoms with Crippen LogP contribution in [0, 0.1) is 5.82 Å². The predicted octanol–water partition coefficient (Wildman–Crippen LogP) is 1.80. The Morgan fingerprint density at radius 3 is 2.24 bits per heavy atom. The predicted molar refractivity (Wildman–Crippen MR) is 77.3 cm³/mol.